The summed E-state index contributed by atoms with van der Waals surface area (Å²) in [6.07, 6.45) is 7.61. The summed E-state index contributed by atoms with van der Waals surface area (Å²) in [4.78, 5) is 24.5. The van der Waals surface area contributed by atoms with Crippen molar-refractivity contribution in [3.8, 4) is 0 Å². The van der Waals surface area contributed by atoms with Crippen molar-refractivity contribution in [3.05, 3.63) is 48.0 Å². The Kier molecular flexibility index (Phi) is 11.0. The van der Waals surface area contributed by atoms with Gasteiger partial charge in [-0.05, 0) is 43.6 Å². The van der Waals surface area contributed by atoms with Crippen LogP contribution < -0.4 is 0 Å². The van der Waals surface area contributed by atoms with Crippen LogP contribution in [-0.2, 0) is 20.7 Å². The van der Waals surface area contributed by atoms with Crippen molar-refractivity contribution in [2.45, 2.75) is 82.8 Å². The first-order chi connectivity index (χ1) is 15.7. The number of benzene rings is 1. The van der Waals surface area contributed by atoms with E-state index in [1.165, 1.54) is 17.6 Å². The van der Waals surface area contributed by atoms with Crippen LogP contribution in [0, 0.1) is 5.92 Å². The Bertz CT molecular complexity index is 769. The quantitative estimate of drug-likeness (QED) is 0.241. The van der Waals surface area contributed by atoms with Crippen LogP contribution in [0.2, 0.25) is 0 Å². The van der Waals surface area contributed by atoms with Gasteiger partial charge in [0, 0.05) is 19.4 Å². The fourth-order valence-corrected chi connectivity index (χ4v) is 4.14. The first-order valence-corrected chi connectivity index (χ1v) is 11.9. The van der Waals surface area contributed by atoms with E-state index >= 15 is 0 Å². The molecule has 3 atom stereocenters. The lowest BCUT2D eigenvalue weighted by molar-refractivity contribution is -0.148. The Balaban J connectivity index is 1.79. The number of aliphatic hydroxyl groups is 1. The van der Waals surface area contributed by atoms with E-state index in [2.05, 4.69) is 16.9 Å². The molecule has 1 aromatic rings. The van der Waals surface area contributed by atoms with E-state index in [9.17, 15) is 23.5 Å². The maximum Gasteiger partial charge on any atom is 0.327 e. The number of aliphatic hydroxyl groups excluding tert-OH is 1. The third-order valence-corrected chi connectivity index (χ3v) is 6.28. The summed E-state index contributed by atoms with van der Waals surface area (Å²) >= 11 is 0. The summed E-state index contributed by atoms with van der Waals surface area (Å²) in [5.41, 5.74) is 1.25. The van der Waals surface area contributed by atoms with E-state index in [4.69, 9.17) is 0 Å². The Morgan fingerprint density at radius 1 is 1.21 bits per heavy atom. The molecular formula is C26H37F2NO4. The van der Waals surface area contributed by atoms with Crippen LogP contribution in [0.5, 0.6) is 0 Å². The van der Waals surface area contributed by atoms with Crippen molar-refractivity contribution in [2.75, 3.05) is 13.7 Å². The van der Waals surface area contributed by atoms with Crippen molar-refractivity contribution < 1.29 is 28.2 Å². The molecule has 1 saturated heterocycles. The number of unbranched alkanes of at least 4 members (excludes halogenated alkanes) is 3. The van der Waals surface area contributed by atoms with Gasteiger partial charge in [0.05, 0.1) is 19.3 Å². The van der Waals surface area contributed by atoms with Crippen molar-refractivity contribution in [1.82, 2.24) is 4.90 Å². The van der Waals surface area contributed by atoms with Gasteiger partial charge in [-0.15, -0.1) is 0 Å². The maximum atomic E-state index is 14.1. The number of ether oxygens (including phenoxy) is 1. The van der Waals surface area contributed by atoms with E-state index in [0.29, 0.717) is 19.3 Å². The molecule has 0 unspecified atom stereocenters. The van der Waals surface area contributed by atoms with Gasteiger partial charge in [-0.2, -0.15) is 8.78 Å². The molecule has 1 N–H and O–H groups in total. The zero-order valence-electron chi connectivity index (χ0n) is 19.7. The van der Waals surface area contributed by atoms with Crippen LogP contribution in [-0.4, -0.2) is 53.6 Å². The van der Waals surface area contributed by atoms with Crippen molar-refractivity contribution in [2.24, 2.45) is 5.92 Å². The molecule has 1 amide bonds. The molecule has 184 valence electrons. The Morgan fingerprint density at radius 2 is 1.91 bits per heavy atom. The average molecular weight is 466 g/mol. The fraction of sp³-hybridized carbons (Fsp3) is 0.615. The van der Waals surface area contributed by atoms with Gasteiger partial charge in [0.25, 0.3) is 5.91 Å². The number of nitrogens with zero attached hydrogens (tertiary/aromatic N) is 1. The molecule has 33 heavy (non-hydrogen) atoms. The summed E-state index contributed by atoms with van der Waals surface area (Å²) in [5, 5.41) is 10.5. The largest absolute Gasteiger partial charge is 0.469 e. The summed E-state index contributed by atoms with van der Waals surface area (Å²) in [6, 6.07) is 9.42. The number of carbonyl (C=O) groups excluding carboxylic acids is 2. The van der Waals surface area contributed by atoms with Gasteiger partial charge in [0.15, 0.2) is 0 Å². The molecule has 7 heteroatoms. The van der Waals surface area contributed by atoms with Gasteiger partial charge in [-0.3, -0.25) is 9.59 Å². The molecule has 0 saturated carbocycles. The van der Waals surface area contributed by atoms with E-state index < -0.39 is 30.4 Å². The highest BCUT2D eigenvalue weighted by Gasteiger charge is 2.52. The van der Waals surface area contributed by atoms with Gasteiger partial charge < -0.3 is 14.7 Å². The zero-order valence-corrected chi connectivity index (χ0v) is 19.7. The maximum absolute atomic E-state index is 14.1. The lowest BCUT2D eigenvalue weighted by Crippen LogP contribution is -2.36. The second-order valence-corrected chi connectivity index (χ2v) is 8.95. The number of hydrogen-bond donors (Lipinski definition) is 1. The Hall–Kier alpha value is -2.28. The number of likely N-dealkylation sites (tertiary alicyclic amines) is 1. The first kappa shape index (κ1) is 27.0. The monoisotopic (exact) mass is 465 g/mol. The molecule has 1 fully saturated rings. The number of aryl methyl sites for hydroxylation is 1. The number of amides is 1. The lowest BCUT2D eigenvalue weighted by Gasteiger charge is -2.22. The van der Waals surface area contributed by atoms with Gasteiger partial charge in [-0.1, -0.05) is 62.2 Å². The molecule has 1 heterocycles. The molecule has 0 aromatic heterocycles. The van der Waals surface area contributed by atoms with Crippen molar-refractivity contribution in [3.63, 3.8) is 0 Å². The second kappa shape index (κ2) is 13.4. The predicted molar refractivity (Wildman–Crippen MR) is 124 cm³/mol. The van der Waals surface area contributed by atoms with E-state index in [1.807, 2.05) is 25.1 Å². The number of carbonyl (C=O) groups is 2. The van der Waals surface area contributed by atoms with Crippen LogP contribution in [0.1, 0.15) is 63.9 Å². The molecule has 0 spiro atoms. The van der Waals surface area contributed by atoms with Crippen LogP contribution >= 0.6 is 0 Å². The molecule has 1 aliphatic rings. The number of halogens is 2. The summed E-state index contributed by atoms with van der Waals surface area (Å²) in [7, 11) is 1.34. The number of alkyl halides is 2. The number of methoxy groups -OCH3 is 1. The lowest BCUT2D eigenvalue weighted by atomic mass is 9.95. The van der Waals surface area contributed by atoms with Crippen LogP contribution in [0.4, 0.5) is 8.78 Å². The SMILES string of the molecule is COC(=O)CCCCCCN1C(=O)C(F)(F)C[C@@H]1/C=C/[C@@H](O)[C@@H](C)CCCc1ccccc1. The minimum atomic E-state index is -3.37. The van der Waals surface area contributed by atoms with Gasteiger partial charge >= 0.3 is 11.9 Å². The molecule has 1 aromatic carbocycles. The smallest absolute Gasteiger partial charge is 0.327 e. The molecule has 0 aliphatic carbocycles. The minimum Gasteiger partial charge on any atom is -0.469 e. The van der Waals surface area contributed by atoms with Crippen LogP contribution in [0.25, 0.3) is 0 Å². The first-order valence-electron chi connectivity index (χ1n) is 11.9. The van der Waals surface area contributed by atoms with Crippen LogP contribution in [0.15, 0.2) is 42.5 Å². The average Bonchev–Trinajstić information content (AvgIpc) is 3.02. The summed E-state index contributed by atoms with van der Waals surface area (Å²) in [5.74, 6) is -4.78. The molecule has 5 nitrogen and oxygen atoms in total. The molecule has 0 bridgehead atoms. The number of rotatable bonds is 14. The summed E-state index contributed by atoms with van der Waals surface area (Å²) < 4.78 is 32.7. The third-order valence-electron chi connectivity index (χ3n) is 6.28. The molecular weight excluding hydrogens is 428 g/mol. The number of esters is 1. The Morgan fingerprint density at radius 3 is 2.61 bits per heavy atom. The Labute approximate surface area is 195 Å². The highest BCUT2D eigenvalue weighted by molar-refractivity contribution is 5.86. The van der Waals surface area contributed by atoms with Gasteiger partial charge in [0.1, 0.15) is 0 Å². The molecule has 0 radical (unpaired) electrons. The highest BCUT2D eigenvalue weighted by Crippen LogP contribution is 2.34. The van der Waals surface area contributed by atoms with Gasteiger partial charge in [-0.25, -0.2) is 0 Å². The fourth-order valence-electron chi connectivity index (χ4n) is 4.14. The zero-order chi connectivity index (χ0) is 24.3. The van der Waals surface area contributed by atoms with Crippen LogP contribution in [0.3, 0.4) is 0 Å². The normalized spacial score (nSPS) is 19.7. The van der Waals surface area contributed by atoms with E-state index in [-0.39, 0.29) is 18.4 Å². The second-order valence-electron chi connectivity index (χ2n) is 8.95. The predicted octanol–water partition coefficient (Wildman–Crippen LogP) is 4.92. The van der Waals surface area contributed by atoms with Crippen molar-refractivity contribution in [1.29, 1.82) is 0 Å². The molecule has 2 rings (SSSR count). The topological polar surface area (TPSA) is 66.8 Å². The summed E-state index contributed by atoms with van der Waals surface area (Å²) in [6.45, 7) is 2.19. The highest BCUT2D eigenvalue weighted by atomic mass is 19.3. The van der Waals surface area contributed by atoms with E-state index in [1.54, 1.807) is 12.2 Å². The third kappa shape index (κ3) is 8.88. The standard InChI is InChI=1S/C26H37F2NO4/c1-20(11-10-14-21-12-6-5-7-13-21)23(30)17-16-22-19-26(27,28)25(32)29(22)18-9-4-3-8-15-24(31)33-2/h5-7,12-13,16-17,20,22-23,30H,3-4,8-11,14-15,18-19H2,1-2H3/b17-16+/t20-,22-,23+/m0/s1. The number of hydrogen-bond acceptors (Lipinski definition) is 4. The van der Waals surface area contributed by atoms with Crippen molar-refractivity contribution >= 4 is 11.9 Å². The van der Waals surface area contributed by atoms with E-state index in [0.717, 1.165) is 32.1 Å². The molecule has 1 aliphatic heterocycles. The minimum absolute atomic E-state index is 0.00848. The van der Waals surface area contributed by atoms with Gasteiger partial charge in [0.2, 0.25) is 0 Å².